The minimum absolute atomic E-state index is 0.165. The van der Waals surface area contributed by atoms with Crippen LogP contribution in [0.15, 0.2) is 66.7 Å². The topological polar surface area (TPSA) is 119 Å². The lowest BCUT2D eigenvalue weighted by Gasteiger charge is -2.13. The first kappa shape index (κ1) is 21.8. The Morgan fingerprint density at radius 3 is 2.58 bits per heavy atom. The highest BCUT2D eigenvalue weighted by molar-refractivity contribution is 6.06. The van der Waals surface area contributed by atoms with Crippen LogP contribution >= 0.6 is 0 Å². The molecular formula is C27H25N7O2. The number of nitrogens with one attached hydrogen (secondary N) is 2. The Labute approximate surface area is 206 Å². The number of amides is 2. The molecule has 0 bridgehead atoms. The van der Waals surface area contributed by atoms with Gasteiger partial charge in [-0.2, -0.15) is 4.98 Å². The minimum Gasteiger partial charge on any atom is -0.366 e. The molecule has 3 aromatic heterocycles. The first-order valence-corrected chi connectivity index (χ1v) is 11.9. The second-order valence-electron chi connectivity index (χ2n) is 9.09. The van der Waals surface area contributed by atoms with Gasteiger partial charge in [-0.25, -0.2) is 4.52 Å². The first-order chi connectivity index (χ1) is 17.5. The predicted molar refractivity (Wildman–Crippen MR) is 137 cm³/mol. The van der Waals surface area contributed by atoms with Crippen LogP contribution in [-0.4, -0.2) is 37.0 Å². The van der Waals surface area contributed by atoms with Crippen LogP contribution in [0.1, 0.15) is 44.9 Å². The van der Waals surface area contributed by atoms with Gasteiger partial charge in [-0.1, -0.05) is 36.4 Å². The SMILES string of the molecule is Cc1cc2c(C(N)=O)cccc2n1-c1nc(NCc2ccccc2)c2ccc(C(=O)NC3CC3)n2n1. The molecule has 0 atom stereocenters. The van der Waals surface area contributed by atoms with Crippen molar-refractivity contribution in [1.29, 1.82) is 0 Å². The third-order valence-electron chi connectivity index (χ3n) is 6.44. The van der Waals surface area contributed by atoms with Crippen LogP contribution < -0.4 is 16.4 Å². The maximum absolute atomic E-state index is 13.0. The number of aromatic nitrogens is 4. The van der Waals surface area contributed by atoms with E-state index >= 15 is 0 Å². The summed E-state index contributed by atoms with van der Waals surface area (Å²) >= 11 is 0. The van der Waals surface area contributed by atoms with E-state index in [2.05, 4.69) is 10.6 Å². The smallest absolute Gasteiger partial charge is 0.270 e. The van der Waals surface area contributed by atoms with E-state index in [4.69, 9.17) is 15.8 Å². The van der Waals surface area contributed by atoms with Gasteiger partial charge in [0.2, 0.25) is 5.91 Å². The van der Waals surface area contributed by atoms with Crippen LogP contribution in [0.5, 0.6) is 0 Å². The molecule has 180 valence electrons. The maximum atomic E-state index is 13.0. The van der Waals surface area contributed by atoms with Crippen LogP contribution in [0, 0.1) is 6.92 Å². The van der Waals surface area contributed by atoms with E-state index in [1.165, 1.54) is 0 Å². The molecule has 5 aromatic rings. The van der Waals surface area contributed by atoms with Crippen LogP contribution in [0.3, 0.4) is 0 Å². The molecule has 1 aliphatic carbocycles. The van der Waals surface area contributed by atoms with Crippen molar-refractivity contribution in [2.45, 2.75) is 32.4 Å². The molecule has 0 saturated heterocycles. The highest BCUT2D eigenvalue weighted by Crippen LogP contribution is 2.28. The van der Waals surface area contributed by atoms with Gasteiger partial charge < -0.3 is 16.4 Å². The van der Waals surface area contributed by atoms with E-state index in [1.807, 2.05) is 60.0 Å². The molecule has 1 aliphatic rings. The average Bonchev–Trinajstić information content (AvgIpc) is 3.47. The van der Waals surface area contributed by atoms with Gasteiger partial charge in [0.1, 0.15) is 11.2 Å². The van der Waals surface area contributed by atoms with Gasteiger partial charge in [0.05, 0.1) is 5.52 Å². The van der Waals surface area contributed by atoms with Crippen LogP contribution in [0.25, 0.3) is 22.4 Å². The summed E-state index contributed by atoms with van der Waals surface area (Å²) in [7, 11) is 0. The second kappa shape index (κ2) is 8.53. The van der Waals surface area contributed by atoms with E-state index in [-0.39, 0.29) is 11.9 Å². The van der Waals surface area contributed by atoms with Crippen molar-refractivity contribution in [2.75, 3.05) is 5.32 Å². The number of carbonyl (C=O) groups is 2. The summed E-state index contributed by atoms with van der Waals surface area (Å²) in [5.74, 6) is 0.315. The summed E-state index contributed by atoms with van der Waals surface area (Å²) in [4.78, 5) is 29.9. The average molecular weight is 480 g/mol. The quantitative estimate of drug-likeness (QED) is 0.330. The monoisotopic (exact) mass is 479 g/mol. The van der Waals surface area contributed by atoms with Crippen molar-refractivity contribution in [3.05, 3.63) is 89.2 Å². The Morgan fingerprint density at radius 2 is 1.83 bits per heavy atom. The lowest BCUT2D eigenvalue weighted by atomic mass is 10.1. The van der Waals surface area contributed by atoms with Crippen molar-refractivity contribution < 1.29 is 9.59 Å². The highest BCUT2D eigenvalue weighted by atomic mass is 16.2. The number of anilines is 1. The molecule has 0 spiro atoms. The molecule has 36 heavy (non-hydrogen) atoms. The molecule has 2 aromatic carbocycles. The summed E-state index contributed by atoms with van der Waals surface area (Å²) < 4.78 is 3.51. The first-order valence-electron chi connectivity index (χ1n) is 11.9. The number of fused-ring (bicyclic) bond motifs is 2. The lowest BCUT2D eigenvalue weighted by molar-refractivity contribution is 0.0943. The van der Waals surface area contributed by atoms with Crippen molar-refractivity contribution in [3.8, 4) is 5.95 Å². The van der Waals surface area contributed by atoms with E-state index < -0.39 is 5.91 Å². The fourth-order valence-corrected chi connectivity index (χ4v) is 4.49. The van der Waals surface area contributed by atoms with Crippen LogP contribution in [0.4, 0.5) is 5.82 Å². The highest BCUT2D eigenvalue weighted by Gasteiger charge is 2.26. The Morgan fingerprint density at radius 1 is 1.03 bits per heavy atom. The molecule has 3 heterocycles. The van der Waals surface area contributed by atoms with E-state index in [9.17, 15) is 9.59 Å². The van der Waals surface area contributed by atoms with Crippen LogP contribution in [0.2, 0.25) is 0 Å². The number of hydrogen-bond donors (Lipinski definition) is 3. The van der Waals surface area contributed by atoms with Gasteiger partial charge in [0, 0.05) is 29.2 Å². The van der Waals surface area contributed by atoms with Gasteiger partial charge in [-0.05, 0) is 55.7 Å². The Hall–Kier alpha value is -4.66. The summed E-state index contributed by atoms with van der Waals surface area (Å²) in [5, 5.41) is 12.0. The van der Waals surface area contributed by atoms with Crippen molar-refractivity contribution in [1.82, 2.24) is 24.5 Å². The summed E-state index contributed by atoms with van der Waals surface area (Å²) in [5.41, 5.74) is 9.88. The fourth-order valence-electron chi connectivity index (χ4n) is 4.49. The Balaban J connectivity index is 1.51. The maximum Gasteiger partial charge on any atom is 0.270 e. The Kier molecular flexibility index (Phi) is 5.18. The standard InChI is InChI=1S/C27H25N7O2/c1-16-14-20-19(24(28)35)8-5-9-21(20)33(16)27-31-25(29-15-17-6-3-2-4-7-17)22-12-13-23(34(22)32-27)26(36)30-18-10-11-18/h2-9,12-14,18H,10-11,15H2,1H3,(H2,28,35)(H,30,36)(H,29,31,32). The van der Waals surface area contributed by atoms with E-state index in [1.54, 1.807) is 22.7 Å². The van der Waals surface area contributed by atoms with Crippen molar-refractivity contribution in [3.63, 3.8) is 0 Å². The zero-order chi connectivity index (χ0) is 24.8. The lowest BCUT2D eigenvalue weighted by Crippen LogP contribution is -2.27. The molecule has 9 heteroatoms. The zero-order valence-electron chi connectivity index (χ0n) is 19.7. The number of nitrogens with two attached hydrogens (primary N) is 1. The minimum atomic E-state index is -0.496. The number of hydrogen-bond acceptors (Lipinski definition) is 5. The molecule has 4 N–H and O–H groups in total. The number of rotatable bonds is 7. The summed E-state index contributed by atoms with van der Waals surface area (Å²) in [6.07, 6.45) is 1.99. The van der Waals surface area contributed by atoms with Gasteiger partial charge in [0.15, 0.2) is 5.82 Å². The molecule has 0 aliphatic heterocycles. The zero-order valence-corrected chi connectivity index (χ0v) is 19.7. The third-order valence-corrected chi connectivity index (χ3v) is 6.44. The Bertz CT molecular complexity index is 1630. The third kappa shape index (κ3) is 3.84. The fraction of sp³-hybridized carbons (Fsp3) is 0.185. The van der Waals surface area contributed by atoms with Crippen LogP contribution in [-0.2, 0) is 6.54 Å². The molecule has 1 saturated carbocycles. The van der Waals surface area contributed by atoms with Crippen molar-refractivity contribution in [2.24, 2.45) is 5.73 Å². The molecule has 9 nitrogen and oxygen atoms in total. The van der Waals surface area contributed by atoms with E-state index in [0.717, 1.165) is 35.0 Å². The largest absolute Gasteiger partial charge is 0.366 e. The molecule has 0 radical (unpaired) electrons. The number of benzene rings is 2. The molecule has 0 unspecified atom stereocenters. The molecule has 2 amide bonds. The normalized spacial score (nSPS) is 13.2. The number of aryl methyl sites for hydroxylation is 1. The summed E-state index contributed by atoms with van der Waals surface area (Å²) in [6.45, 7) is 2.48. The van der Waals surface area contributed by atoms with E-state index in [0.29, 0.717) is 35.1 Å². The molecule has 1 fully saturated rings. The summed E-state index contributed by atoms with van der Waals surface area (Å²) in [6, 6.07) is 21.2. The molecular weight excluding hydrogens is 454 g/mol. The second-order valence-corrected chi connectivity index (χ2v) is 9.09. The predicted octanol–water partition coefficient (Wildman–Crippen LogP) is 3.58. The van der Waals surface area contributed by atoms with Gasteiger partial charge >= 0.3 is 0 Å². The number of carbonyl (C=O) groups excluding carboxylic acids is 2. The number of nitrogens with zero attached hydrogens (tertiary/aromatic N) is 4. The van der Waals surface area contributed by atoms with Crippen molar-refractivity contribution >= 4 is 34.1 Å². The number of primary amides is 1. The molecule has 6 rings (SSSR count). The van der Waals surface area contributed by atoms with Gasteiger partial charge in [-0.3, -0.25) is 14.2 Å². The van der Waals surface area contributed by atoms with Gasteiger partial charge in [0.25, 0.3) is 11.9 Å². The van der Waals surface area contributed by atoms with Gasteiger partial charge in [-0.15, -0.1) is 5.10 Å².